The topological polar surface area (TPSA) is 425 Å². The number of amides is 8. The molecule has 17 N–H and O–H groups in total. The number of aliphatic hydroxyl groups excluding tert-OH is 2. The number of carbonyl (C=O) groups is 10. The number of aromatic hydroxyl groups is 1. The van der Waals surface area contributed by atoms with E-state index < -0.39 is 139 Å². The number of nitrogens with two attached hydrogens (primary N) is 3. The number of fused-ring (bicyclic) bond motifs is 1. The number of H-pyrrole nitrogens is 1. The zero-order valence-corrected chi connectivity index (χ0v) is 49.2. The summed E-state index contributed by atoms with van der Waals surface area (Å²) < 4.78 is 0. The second-order valence-electron chi connectivity index (χ2n) is 22.1. The van der Waals surface area contributed by atoms with Crippen LogP contribution >= 0.6 is 0 Å². The number of para-hydroxylation sites is 1. The highest BCUT2D eigenvalue weighted by atomic mass is 16.3. The third-order valence-corrected chi connectivity index (χ3v) is 14.9. The van der Waals surface area contributed by atoms with Crippen LogP contribution in [0.15, 0.2) is 90.1 Å². The number of ketones is 3. The minimum Gasteiger partial charge on any atom is -0.508 e. The molecular formula is C60H83N13O13. The third kappa shape index (κ3) is 20.8. The highest BCUT2D eigenvalue weighted by Crippen LogP contribution is 2.24. The molecule has 86 heavy (non-hydrogen) atoms. The molecule has 0 aliphatic carbocycles. The minimum absolute atomic E-state index is 0.0178. The van der Waals surface area contributed by atoms with Crippen molar-refractivity contribution in [3.63, 3.8) is 0 Å². The minimum atomic E-state index is -1.50. The number of likely N-dealkylation sites (tertiary alicyclic amines) is 1. The zero-order chi connectivity index (χ0) is 63.2. The predicted molar refractivity (Wildman–Crippen MR) is 319 cm³/mol. The molecule has 26 nitrogen and oxygen atoms in total. The lowest BCUT2D eigenvalue weighted by molar-refractivity contribution is -0.142. The van der Waals surface area contributed by atoms with Crippen LogP contribution in [0.2, 0.25) is 0 Å². The van der Waals surface area contributed by atoms with Crippen LogP contribution in [-0.2, 0) is 62.4 Å². The number of aliphatic hydroxyl groups is 2. The van der Waals surface area contributed by atoms with Gasteiger partial charge in [-0.3, -0.25) is 48.1 Å². The lowest BCUT2D eigenvalue weighted by Gasteiger charge is -2.30. The Hall–Kier alpha value is -8.75. The Labute approximate surface area is 499 Å². The monoisotopic (exact) mass is 1190 g/mol. The van der Waals surface area contributed by atoms with Crippen molar-refractivity contribution in [2.45, 2.75) is 134 Å². The number of aromatic amines is 1. The second kappa shape index (κ2) is 33.1. The maximum Gasteiger partial charge on any atom is 0.315 e. The number of primary amides is 1. The largest absolute Gasteiger partial charge is 0.508 e. The molecule has 1 saturated heterocycles. The van der Waals surface area contributed by atoms with Gasteiger partial charge in [0.25, 0.3) is 0 Å². The van der Waals surface area contributed by atoms with Crippen LogP contribution in [0.4, 0.5) is 4.79 Å². The number of aromatic nitrogens is 1. The van der Waals surface area contributed by atoms with Gasteiger partial charge in [-0.25, -0.2) is 4.79 Å². The highest BCUT2D eigenvalue weighted by molar-refractivity contribution is 5.99. The van der Waals surface area contributed by atoms with Gasteiger partial charge in [-0.1, -0.05) is 74.5 Å². The van der Waals surface area contributed by atoms with E-state index in [1.54, 1.807) is 48.7 Å². The van der Waals surface area contributed by atoms with E-state index >= 15 is 0 Å². The van der Waals surface area contributed by atoms with Crippen LogP contribution in [0.25, 0.3) is 10.9 Å². The van der Waals surface area contributed by atoms with Crippen molar-refractivity contribution in [3.8, 4) is 5.75 Å². The number of carbonyl (C=O) groups excluding carboxylic acids is 10. The van der Waals surface area contributed by atoms with E-state index in [4.69, 9.17) is 17.2 Å². The van der Waals surface area contributed by atoms with Gasteiger partial charge in [-0.05, 0) is 73.4 Å². The molecule has 4 aromatic rings. The number of guanidine groups is 1. The summed E-state index contributed by atoms with van der Waals surface area (Å²) in [5, 5.41) is 50.7. The molecule has 0 unspecified atom stereocenters. The number of aliphatic imine (C=N–C) groups is 1. The molecule has 5 rings (SSSR count). The first kappa shape index (κ1) is 68.0. The Morgan fingerprint density at radius 1 is 0.721 bits per heavy atom. The molecule has 1 aliphatic rings. The van der Waals surface area contributed by atoms with Gasteiger partial charge in [0.1, 0.15) is 23.9 Å². The van der Waals surface area contributed by atoms with Gasteiger partial charge in [0.2, 0.25) is 35.4 Å². The number of urea groups is 1. The van der Waals surface area contributed by atoms with Crippen molar-refractivity contribution >= 4 is 75.7 Å². The number of phenols is 1. The summed E-state index contributed by atoms with van der Waals surface area (Å²) >= 11 is 0. The molecule has 2 heterocycles. The predicted octanol–water partition coefficient (Wildman–Crippen LogP) is -0.605. The molecule has 0 saturated carbocycles. The number of hydrogen-bond acceptors (Lipinski definition) is 15. The summed E-state index contributed by atoms with van der Waals surface area (Å²) in [6.45, 7) is 4.99. The van der Waals surface area contributed by atoms with E-state index in [1.807, 2.05) is 38.1 Å². The number of benzene rings is 3. The van der Waals surface area contributed by atoms with E-state index in [0.717, 1.165) is 21.4 Å². The van der Waals surface area contributed by atoms with Crippen LogP contribution in [0.5, 0.6) is 5.75 Å². The Bertz CT molecular complexity index is 3030. The molecule has 1 fully saturated rings. The maximum absolute atomic E-state index is 14.2. The number of Topliss-reactive ketones (excluding diaryl/α,β-unsaturated/α-hetero) is 3. The average Bonchev–Trinajstić information content (AvgIpc) is 4.10. The maximum atomic E-state index is 14.2. The molecule has 0 bridgehead atoms. The summed E-state index contributed by atoms with van der Waals surface area (Å²) in [6.07, 6.45) is -1.59. The van der Waals surface area contributed by atoms with Crippen molar-refractivity contribution in [1.29, 1.82) is 0 Å². The van der Waals surface area contributed by atoms with Crippen molar-refractivity contribution in [1.82, 2.24) is 47.1 Å². The highest BCUT2D eigenvalue weighted by Gasteiger charge is 2.43. The normalized spacial score (nSPS) is 16.9. The molecule has 26 heteroatoms. The van der Waals surface area contributed by atoms with Gasteiger partial charge in [0.05, 0.1) is 42.8 Å². The molecule has 0 radical (unpaired) electrons. The molecule has 466 valence electrons. The first-order valence-corrected chi connectivity index (χ1v) is 28.7. The molecule has 1 aromatic heterocycles. The standard InChI is InChI=1S/C60H83N13O13/c1-33(2)22-45(51(78)26-38(14-11-21-65-59(63)64-5)55(82)70-47(54(62)81)25-39-30-66-44-16-10-9-15-42(39)44)72-60(86)67-31-53(80)46(23-36-12-7-6-8-13-36)69-56(83)43(34(3)74)28-52(79)49(29-61)71-57(84)50-27-41(77)32-73(50)58(85)48(68-35(4)75)24-37-17-19-40(76)20-18-37/h6-10,12-13,15-20,30,33-34,38,41,43,45-50,66,74,76-77H,11,14,21-29,31-32,61H2,1-5H3,(H2,62,81)(H,68,75)(H,69,83)(H,70,82)(H,71,84)(H3,63,64,65)(H2,67,72,86)/t34-,38-,41-,43+,45+,46+,47+,48-,49+,50+/m1/s1. The Kier molecular flexibility index (Phi) is 26.2. The number of phenolic OH excluding ortho intramolecular Hbond substituents is 1. The quantitative estimate of drug-likeness (QED) is 0.0161. The SMILES string of the molecule is CN=C(N)NCCC[C@H](CC(=O)[C@H](CC(C)C)NC(=O)NCC(=O)[C@H](Cc1ccccc1)NC(=O)[C@@H](CC(=O)[C@H](CN)NC(=O)[C@@H]1C[C@@H](O)CN1C(=O)[C@@H](Cc1ccc(O)cc1)NC(C)=O)[C@@H](C)O)C(=O)N[C@@H](Cc1c[nH]c2ccccc12)C(N)=O. The Balaban J connectivity index is 1.25. The zero-order valence-electron chi connectivity index (χ0n) is 49.2. The van der Waals surface area contributed by atoms with E-state index in [0.29, 0.717) is 24.1 Å². The lowest BCUT2D eigenvalue weighted by atomic mass is 9.90. The van der Waals surface area contributed by atoms with Gasteiger partial charge in [0.15, 0.2) is 23.3 Å². The number of rotatable bonds is 33. The molecule has 1 aliphatic heterocycles. The summed E-state index contributed by atoms with van der Waals surface area (Å²) in [7, 11) is 1.50. The summed E-state index contributed by atoms with van der Waals surface area (Å²) in [4.78, 5) is 145. The van der Waals surface area contributed by atoms with Gasteiger partial charge in [-0.2, -0.15) is 0 Å². The summed E-state index contributed by atoms with van der Waals surface area (Å²) in [5.41, 5.74) is 20.3. The van der Waals surface area contributed by atoms with E-state index in [2.05, 4.69) is 47.2 Å². The first-order chi connectivity index (χ1) is 40.9. The first-order valence-electron chi connectivity index (χ1n) is 28.7. The summed E-state index contributed by atoms with van der Waals surface area (Å²) in [6, 6.07) is 13.4. The van der Waals surface area contributed by atoms with Crippen molar-refractivity contribution < 1.29 is 63.3 Å². The summed E-state index contributed by atoms with van der Waals surface area (Å²) in [5.74, 6) is -8.93. The van der Waals surface area contributed by atoms with Crippen LogP contribution in [0.1, 0.15) is 82.9 Å². The fraction of sp³-hybridized carbons (Fsp3) is 0.483. The van der Waals surface area contributed by atoms with Gasteiger partial charge in [-0.15, -0.1) is 0 Å². The van der Waals surface area contributed by atoms with E-state index in [1.165, 1.54) is 33.0 Å². The lowest BCUT2D eigenvalue weighted by Crippen LogP contribution is -2.57. The number of nitrogens with one attached hydrogen (secondary N) is 8. The smallest absolute Gasteiger partial charge is 0.315 e. The van der Waals surface area contributed by atoms with Crippen LogP contribution < -0.4 is 54.4 Å². The molecular weight excluding hydrogens is 1110 g/mol. The molecule has 3 aromatic carbocycles. The van der Waals surface area contributed by atoms with Gasteiger partial charge < -0.3 is 79.6 Å². The van der Waals surface area contributed by atoms with Crippen molar-refractivity contribution in [2.24, 2.45) is 39.9 Å². The van der Waals surface area contributed by atoms with Crippen LogP contribution in [-0.4, -0.2) is 172 Å². The molecule has 8 amide bonds. The second-order valence-corrected chi connectivity index (χ2v) is 22.1. The molecule has 0 spiro atoms. The van der Waals surface area contributed by atoms with Crippen molar-refractivity contribution in [2.75, 3.05) is 33.2 Å². The average molecular weight is 1190 g/mol. The van der Waals surface area contributed by atoms with Gasteiger partial charge in [0, 0.05) is 88.7 Å². The van der Waals surface area contributed by atoms with E-state index in [-0.39, 0.29) is 69.1 Å². The Morgan fingerprint density at radius 2 is 1.36 bits per heavy atom. The number of β-amino-alcohol motifs (C(OH)–C–C–N with tert-alkyl or cyclic N) is 1. The number of hydrogen-bond donors (Lipinski definition) is 14. The fourth-order valence-corrected chi connectivity index (χ4v) is 10.2. The number of nitrogens with zero attached hydrogens (tertiary/aromatic N) is 2. The third-order valence-electron chi connectivity index (χ3n) is 14.9. The Morgan fingerprint density at radius 3 is 2.00 bits per heavy atom. The van der Waals surface area contributed by atoms with E-state index in [9.17, 15) is 63.3 Å². The van der Waals surface area contributed by atoms with Gasteiger partial charge >= 0.3 is 6.03 Å². The molecule has 10 atom stereocenters. The van der Waals surface area contributed by atoms with Crippen LogP contribution in [0.3, 0.4) is 0 Å². The fourth-order valence-electron chi connectivity index (χ4n) is 10.2. The van der Waals surface area contributed by atoms with Crippen LogP contribution in [0, 0.1) is 17.8 Å². The van der Waals surface area contributed by atoms with Crippen molar-refractivity contribution in [3.05, 3.63) is 102 Å².